The number of hydrogen-bond donors (Lipinski definition) is 0. The van der Waals surface area contributed by atoms with E-state index in [4.69, 9.17) is 0 Å². The van der Waals surface area contributed by atoms with Crippen LogP contribution in [0.15, 0.2) is 53.0 Å². The zero-order valence-corrected chi connectivity index (χ0v) is 15.9. The Hall–Kier alpha value is -1.65. The van der Waals surface area contributed by atoms with Crippen LogP contribution in [0.5, 0.6) is 0 Å². The Morgan fingerprint density at radius 3 is 2.80 bits per heavy atom. The number of amides is 1. The van der Waals surface area contributed by atoms with Crippen molar-refractivity contribution in [1.29, 1.82) is 0 Å². The Bertz CT molecular complexity index is 762. The summed E-state index contributed by atoms with van der Waals surface area (Å²) in [5.74, 6) is 0.422. The van der Waals surface area contributed by atoms with Crippen LogP contribution in [-0.4, -0.2) is 30.4 Å². The van der Waals surface area contributed by atoms with E-state index in [0.717, 1.165) is 55.6 Å². The van der Waals surface area contributed by atoms with E-state index in [2.05, 4.69) is 63.3 Å². The van der Waals surface area contributed by atoms with E-state index in [-0.39, 0.29) is 5.92 Å². The fraction of sp³-hybridized carbons (Fsp3) is 0.381. The molecule has 2 aromatic rings. The minimum absolute atomic E-state index is 0.118. The van der Waals surface area contributed by atoms with E-state index in [1.807, 2.05) is 11.0 Å². The van der Waals surface area contributed by atoms with Crippen LogP contribution in [0.2, 0.25) is 0 Å². The molecule has 3 nitrogen and oxygen atoms in total. The van der Waals surface area contributed by atoms with Gasteiger partial charge in [-0.15, -0.1) is 0 Å². The van der Waals surface area contributed by atoms with Crippen molar-refractivity contribution in [3.05, 3.63) is 64.1 Å². The minimum atomic E-state index is 0.118. The average molecular weight is 399 g/mol. The topological polar surface area (TPSA) is 23.6 Å². The van der Waals surface area contributed by atoms with Gasteiger partial charge in [0.2, 0.25) is 5.91 Å². The van der Waals surface area contributed by atoms with E-state index in [1.165, 1.54) is 11.1 Å². The molecular formula is C21H23BrN2O. The predicted octanol–water partition coefficient (Wildman–Crippen LogP) is 4.25. The molecule has 4 heteroatoms. The lowest BCUT2D eigenvalue weighted by Gasteiger charge is -2.34. The van der Waals surface area contributed by atoms with Crippen molar-refractivity contribution in [2.75, 3.05) is 24.5 Å². The lowest BCUT2D eigenvalue weighted by atomic mass is 9.96. The monoisotopic (exact) mass is 398 g/mol. The molecule has 2 aromatic carbocycles. The van der Waals surface area contributed by atoms with Crippen molar-refractivity contribution in [1.82, 2.24) is 4.90 Å². The number of anilines is 1. The van der Waals surface area contributed by atoms with Crippen LogP contribution in [0.25, 0.3) is 0 Å². The molecule has 1 fully saturated rings. The summed E-state index contributed by atoms with van der Waals surface area (Å²) < 4.78 is 1.09. The molecular weight excluding hydrogens is 376 g/mol. The first-order chi connectivity index (χ1) is 12.2. The maximum absolute atomic E-state index is 13.1. The summed E-state index contributed by atoms with van der Waals surface area (Å²) >= 11 is 3.53. The SMILES string of the molecule is O=C([C@H]1CCCN(Cc2ccccc2)C1)N1CCc2cc(Br)ccc21. The molecule has 0 spiro atoms. The van der Waals surface area contributed by atoms with Crippen LogP contribution < -0.4 is 4.90 Å². The van der Waals surface area contributed by atoms with Gasteiger partial charge in [0.15, 0.2) is 0 Å². The van der Waals surface area contributed by atoms with Gasteiger partial charge in [-0.1, -0.05) is 46.3 Å². The standard InChI is InChI=1S/C21H23BrN2O/c22-19-8-9-20-17(13-19)10-12-24(20)21(25)18-7-4-11-23(15-18)14-16-5-2-1-3-6-16/h1-3,5-6,8-9,13,18H,4,7,10-12,14-15H2/t18-/m0/s1. The molecule has 0 aliphatic carbocycles. The Morgan fingerprint density at radius 2 is 1.96 bits per heavy atom. The van der Waals surface area contributed by atoms with E-state index in [9.17, 15) is 4.79 Å². The fourth-order valence-corrected chi connectivity index (χ4v) is 4.47. The maximum Gasteiger partial charge on any atom is 0.231 e. The molecule has 25 heavy (non-hydrogen) atoms. The lowest BCUT2D eigenvalue weighted by Crippen LogP contribution is -2.44. The van der Waals surface area contributed by atoms with E-state index in [0.29, 0.717) is 5.91 Å². The van der Waals surface area contributed by atoms with Crippen molar-refractivity contribution in [3.63, 3.8) is 0 Å². The summed E-state index contributed by atoms with van der Waals surface area (Å²) in [5.41, 5.74) is 3.71. The molecule has 1 amide bonds. The Kier molecular flexibility index (Phi) is 4.91. The number of nitrogens with zero attached hydrogens (tertiary/aromatic N) is 2. The fourth-order valence-electron chi connectivity index (χ4n) is 4.06. The second kappa shape index (κ2) is 7.30. The van der Waals surface area contributed by atoms with Crippen LogP contribution in [0.3, 0.4) is 0 Å². The Labute approximate surface area is 157 Å². The highest BCUT2D eigenvalue weighted by Gasteiger charge is 2.33. The molecule has 2 heterocycles. The summed E-state index contributed by atoms with van der Waals surface area (Å²) in [6.45, 7) is 3.71. The van der Waals surface area contributed by atoms with Crippen LogP contribution >= 0.6 is 15.9 Å². The molecule has 130 valence electrons. The van der Waals surface area contributed by atoms with Gasteiger partial charge in [-0.3, -0.25) is 9.69 Å². The van der Waals surface area contributed by atoms with Gasteiger partial charge >= 0.3 is 0 Å². The summed E-state index contributed by atoms with van der Waals surface area (Å²) in [6.07, 6.45) is 3.07. The van der Waals surface area contributed by atoms with E-state index >= 15 is 0 Å². The van der Waals surface area contributed by atoms with Crippen molar-refractivity contribution in [2.24, 2.45) is 5.92 Å². The third kappa shape index (κ3) is 3.65. The number of rotatable bonds is 3. The largest absolute Gasteiger partial charge is 0.312 e. The smallest absolute Gasteiger partial charge is 0.231 e. The molecule has 1 saturated heterocycles. The van der Waals surface area contributed by atoms with Crippen molar-refractivity contribution >= 4 is 27.5 Å². The first kappa shape index (κ1) is 16.8. The average Bonchev–Trinajstić information content (AvgIpc) is 3.05. The van der Waals surface area contributed by atoms with Gasteiger partial charge in [0.25, 0.3) is 0 Å². The van der Waals surface area contributed by atoms with Gasteiger partial charge in [0, 0.05) is 29.8 Å². The number of carbonyl (C=O) groups is 1. The normalized spacial score (nSPS) is 20.5. The van der Waals surface area contributed by atoms with Crippen LogP contribution in [0.4, 0.5) is 5.69 Å². The van der Waals surface area contributed by atoms with Gasteiger partial charge in [0.05, 0.1) is 5.92 Å². The van der Waals surface area contributed by atoms with Crippen molar-refractivity contribution in [3.8, 4) is 0 Å². The third-order valence-corrected chi connectivity index (χ3v) is 5.80. The third-order valence-electron chi connectivity index (χ3n) is 5.31. The quantitative estimate of drug-likeness (QED) is 0.771. The van der Waals surface area contributed by atoms with Gasteiger partial charge in [-0.25, -0.2) is 0 Å². The molecule has 4 rings (SSSR count). The molecule has 0 aromatic heterocycles. The highest BCUT2D eigenvalue weighted by atomic mass is 79.9. The molecule has 0 saturated carbocycles. The second-order valence-corrected chi connectivity index (χ2v) is 7.99. The van der Waals surface area contributed by atoms with Crippen molar-refractivity contribution in [2.45, 2.75) is 25.8 Å². The number of carbonyl (C=O) groups excluding carboxylic acids is 1. The van der Waals surface area contributed by atoms with Gasteiger partial charge < -0.3 is 4.90 Å². The summed E-state index contributed by atoms with van der Waals surface area (Å²) in [5, 5.41) is 0. The molecule has 0 bridgehead atoms. The van der Waals surface area contributed by atoms with Gasteiger partial charge in [0.1, 0.15) is 0 Å². The maximum atomic E-state index is 13.1. The molecule has 2 aliphatic heterocycles. The van der Waals surface area contributed by atoms with E-state index < -0.39 is 0 Å². The highest BCUT2D eigenvalue weighted by molar-refractivity contribution is 9.10. The Balaban J connectivity index is 1.44. The number of halogens is 1. The second-order valence-electron chi connectivity index (χ2n) is 7.07. The first-order valence-corrected chi connectivity index (χ1v) is 9.86. The first-order valence-electron chi connectivity index (χ1n) is 9.07. The summed E-state index contributed by atoms with van der Waals surface area (Å²) in [6, 6.07) is 16.8. The lowest BCUT2D eigenvalue weighted by molar-refractivity contribution is -0.124. The number of likely N-dealkylation sites (tertiary alicyclic amines) is 1. The van der Waals surface area contributed by atoms with E-state index in [1.54, 1.807) is 0 Å². The molecule has 2 aliphatic rings. The Morgan fingerprint density at radius 1 is 1.12 bits per heavy atom. The minimum Gasteiger partial charge on any atom is -0.312 e. The summed E-state index contributed by atoms with van der Waals surface area (Å²) in [4.78, 5) is 17.6. The molecule has 0 radical (unpaired) electrons. The number of hydrogen-bond acceptors (Lipinski definition) is 2. The predicted molar refractivity (Wildman–Crippen MR) is 105 cm³/mol. The zero-order chi connectivity index (χ0) is 17.2. The highest BCUT2D eigenvalue weighted by Crippen LogP contribution is 2.33. The van der Waals surface area contributed by atoms with Crippen LogP contribution in [0.1, 0.15) is 24.0 Å². The molecule has 1 atom stereocenters. The molecule has 0 unspecified atom stereocenters. The van der Waals surface area contributed by atoms with Gasteiger partial charge in [-0.05, 0) is 55.1 Å². The number of benzene rings is 2. The molecule has 0 N–H and O–H groups in total. The van der Waals surface area contributed by atoms with Crippen LogP contribution in [0, 0.1) is 5.92 Å². The number of piperidine rings is 1. The van der Waals surface area contributed by atoms with Crippen molar-refractivity contribution < 1.29 is 4.79 Å². The zero-order valence-electron chi connectivity index (χ0n) is 14.3. The van der Waals surface area contributed by atoms with Crippen LogP contribution in [-0.2, 0) is 17.8 Å². The number of fused-ring (bicyclic) bond motifs is 1. The summed E-state index contributed by atoms with van der Waals surface area (Å²) in [7, 11) is 0. The van der Waals surface area contributed by atoms with Gasteiger partial charge in [-0.2, -0.15) is 0 Å².